The van der Waals surface area contributed by atoms with Gasteiger partial charge in [0.1, 0.15) is 28.9 Å². The molecule has 1 saturated carbocycles. The summed E-state index contributed by atoms with van der Waals surface area (Å²) < 4.78 is 23.9. The number of furan rings is 1. The van der Waals surface area contributed by atoms with Gasteiger partial charge in [-0.15, -0.1) is 0 Å². The predicted molar refractivity (Wildman–Crippen MR) is 156 cm³/mol. The smallest absolute Gasteiger partial charge is 0.289 e. The summed E-state index contributed by atoms with van der Waals surface area (Å²) in [6, 6.07) is 21.0. The fraction of sp³-hybridized carbons (Fsp3) is 0.303. The first-order valence-corrected chi connectivity index (χ1v) is 14.5. The maximum Gasteiger partial charge on any atom is 0.289 e. The Morgan fingerprint density at radius 3 is 2.60 bits per heavy atom. The lowest BCUT2D eigenvalue weighted by Crippen LogP contribution is -2.45. The Labute approximate surface area is 247 Å². The Kier molecular flexibility index (Phi) is 7.10. The summed E-state index contributed by atoms with van der Waals surface area (Å²) in [5, 5.41) is 6.76. The van der Waals surface area contributed by atoms with Crippen molar-refractivity contribution in [1.82, 2.24) is 15.5 Å². The van der Waals surface area contributed by atoms with Gasteiger partial charge < -0.3 is 34.2 Å². The van der Waals surface area contributed by atoms with Crippen LogP contribution in [0.3, 0.4) is 0 Å². The van der Waals surface area contributed by atoms with E-state index < -0.39 is 12.1 Å². The topological polar surface area (TPSA) is 119 Å². The van der Waals surface area contributed by atoms with E-state index in [0.29, 0.717) is 47.5 Å². The number of carbonyl (C=O) groups excluding carboxylic acids is 3. The van der Waals surface area contributed by atoms with Gasteiger partial charge in [-0.05, 0) is 60.7 Å². The zero-order valence-electron chi connectivity index (χ0n) is 23.4. The number of para-hydroxylation sites is 1. The average Bonchev–Trinajstić information content (AvgIpc) is 3.62. The summed E-state index contributed by atoms with van der Waals surface area (Å²) in [6.45, 7) is 1.14. The number of nitrogens with zero attached hydrogens (tertiary/aromatic N) is 1. The number of nitrogens with one attached hydrogen (secondary N) is 2. The Balaban J connectivity index is 1.17. The van der Waals surface area contributed by atoms with E-state index in [1.54, 1.807) is 29.2 Å². The molecule has 1 saturated heterocycles. The lowest BCUT2D eigenvalue weighted by Gasteiger charge is -2.21. The molecule has 1 aliphatic carbocycles. The summed E-state index contributed by atoms with van der Waals surface area (Å²) in [5.41, 5.74) is 1.84. The van der Waals surface area contributed by atoms with Crippen LogP contribution in [-0.2, 0) is 11.3 Å². The summed E-state index contributed by atoms with van der Waals surface area (Å²) in [6.07, 6.45) is 1.72. The molecule has 220 valence electrons. The number of fused-ring (bicyclic) bond motifs is 8. The third-order valence-electron chi connectivity index (χ3n) is 7.90. The minimum Gasteiger partial charge on any atom is -0.493 e. The van der Waals surface area contributed by atoms with E-state index in [9.17, 15) is 14.4 Å². The quantitative estimate of drug-likeness (QED) is 0.375. The molecule has 4 aliphatic rings. The predicted octanol–water partition coefficient (Wildman–Crippen LogP) is 3.93. The number of carbonyl (C=O) groups is 3. The standard InChI is InChI=1S/C33H31N3O7/c37-31-19-41-26-12-23(11-25(14-26)40-18-21-5-6-21)32(38)35-27-16-36(33(39)29-13-22-3-1-2-4-28(22)43-29)17-30(27)42-24-9-7-20(8-10-24)15-34-31/h1-4,7-14,21,27,30H,5-6,15-19H2,(H,34,37)(H,35,38)/t27-,30-/m0/s1. The minimum absolute atomic E-state index is 0.210. The van der Waals surface area contributed by atoms with Crippen molar-refractivity contribution in [1.29, 1.82) is 0 Å². The molecule has 3 amide bonds. The number of hydrogen-bond acceptors (Lipinski definition) is 7. The first-order valence-electron chi connectivity index (χ1n) is 14.5. The molecule has 1 aromatic heterocycles. The Bertz CT molecular complexity index is 1640. The fourth-order valence-corrected chi connectivity index (χ4v) is 5.32. The van der Waals surface area contributed by atoms with E-state index in [2.05, 4.69) is 10.6 Å². The zero-order chi connectivity index (χ0) is 29.3. The molecular formula is C33H31N3O7. The van der Waals surface area contributed by atoms with Crippen LogP contribution in [0.25, 0.3) is 11.0 Å². The van der Waals surface area contributed by atoms with Gasteiger partial charge in [0, 0.05) is 30.1 Å². The number of hydrogen-bond donors (Lipinski definition) is 2. The Morgan fingerprint density at radius 2 is 1.79 bits per heavy atom. The van der Waals surface area contributed by atoms with Crippen LogP contribution in [0.15, 0.2) is 77.2 Å². The first kappa shape index (κ1) is 26.9. The van der Waals surface area contributed by atoms with E-state index in [4.69, 9.17) is 18.6 Å². The van der Waals surface area contributed by atoms with Gasteiger partial charge in [-0.1, -0.05) is 30.3 Å². The molecule has 2 N–H and O–H groups in total. The Morgan fingerprint density at radius 1 is 0.953 bits per heavy atom. The molecular weight excluding hydrogens is 550 g/mol. The van der Waals surface area contributed by atoms with E-state index in [-0.39, 0.29) is 43.2 Å². The molecule has 0 unspecified atom stereocenters. The van der Waals surface area contributed by atoms with Crippen LogP contribution in [0.5, 0.6) is 17.2 Å². The van der Waals surface area contributed by atoms with Crippen molar-refractivity contribution >= 4 is 28.7 Å². The van der Waals surface area contributed by atoms with E-state index in [1.807, 2.05) is 48.5 Å². The molecule has 3 aromatic carbocycles. The molecule has 2 atom stereocenters. The van der Waals surface area contributed by atoms with Crippen LogP contribution in [0.4, 0.5) is 0 Å². The molecule has 10 nitrogen and oxygen atoms in total. The first-order chi connectivity index (χ1) is 21.0. The van der Waals surface area contributed by atoms with Gasteiger partial charge in [0.2, 0.25) is 0 Å². The molecule has 4 aromatic rings. The highest BCUT2D eigenvalue weighted by atomic mass is 16.5. The highest BCUT2D eigenvalue weighted by molar-refractivity contribution is 5.97. The maximum atomic E-state index is 13.6. The van der Waals surface area contributed by atoms with Crippen molar-refractivity contribution in [2.75, 3.05) is 26.3 Å². The fourth-order valence-electron chi connectivity index (χ4n) is 5.32. The molecule has 0 radical (unpaired) electrons. The average molecular weight is 582 g/mol. The molecule has 3 aliphatic heterocycles. The maximum absolute atomic E-state index is 13.6. The van der Waals surface area contributed by atoms with Crippen LogP contribution < -0.4 is 24.8 Å². The summed E-state index contributed by atoms with van der Waals surface area (Å²) in [5.74, 6) is 1.24. The van der Waals surface area contributed by atoms with Crippen LogP contribution in [-0.4, -0.2) is 61.1 Å². The van der Waals surface area contributed by atoms with Gasteiger partial charge >= 0.3 is 0 Å². The lowest BCUT2D eigenvalue weighted by molar-refractivity contribution is -0.123. The third kappa shape index (κ3) is 6.13. The molecule has 4 heterocycles. The van der Waals surface area contributed by atoms with E-state index in [1.165, 1.54) is 0 Å². The van der Waals surface area contributed by atoms with Crippen LogP contribution in [0, 0.1) is 5.92 Å². The lowest BCUT2D eigenvalue weighted by atomic mass is 10.1. The van der Waals surface area contributed by atoms with E-state index in [0.717, 1.165) is 23.8 Å². The third-order valence-corrected chi connectivity index (χ3v) is 7.90. The SMILES string of the molecule is O=C1COc2cc(OCC3CC3)cc(c2)C(=O)N[C@H]2CN(C(=O)c3cc4ccccc4o3)C[C@@H]2Oc2ccc(cc2)CN1. The van der Waals surface area contributed by atoms with Crippen LogP contribution >= 0.6 is 0 Å². The largest absolute Gasteiger partial charge is 0.493 e. The second kappa shape index (κ2) is 11.4. The number of benzene rings is 3. The number of rotatable bonds is 4. The molecule has 43 heavy (non-hydrogen) atoms. The van der Waals surface area contributed by atoms with Gasteiger partial charge in [0.25, 0.3) is 17.7 Å². The number of ether oxygens (including phenoxy) is 3. The summed E-state index contributed by atoms with van der Waals surface area (Å²) in [7, 11) is 0. The summed E-state index contributed by atoms with van der Waals surface area (Å²) >= 11 is 0. The monoisotopic (exact) mass is 581 g/mol. The molecule has 10 heteroatoms. The normalized spacial score (nSPS) is 20.4. The van der Waals surface area contributed by atoms with Crippen LogP contribution in [0.1, 0.15) is 39.3 Å². The van der Waals surface area contributed by atoms with Crippen molar-refractivity contribution in [2.45, 2.75) is 31.5 Å². The van der Waals surface area contributed by atoms with Gasteiger partial charge in [-0.25, -0.2) is 0 Å². The highest BCUT2D eigenvalue weighted by Gasteiger charge is 2.39. The summed E-state index contributed by atoms with van der Waals surface area (Å²) in [4.78, 5) is 41.3. The van der Waals surface area contributed by atoms with Gasteiger partial charge in [-0.2, -0.15) is 0 Å². The Hall–Kier alpha value is -4.99. The molecule has 0 spiro atoms. The van der Waals surface area contributed by atoms with Crippen molar-refractivity contribution in [2.24, 2.45) is 5.92 Å². The number of amides is 3. The van der Waals surface area contributed by atoms with Crippen molar-refractivity contribution in [3.63, 3.8) is 0 Å². The molecule has 4 bridgehead atoms. The van der Waals surface area contributed by atoms with Crippen LogP contribution in [0.2, 0.25) is 0 Å². The van der Waals surface area contributed by atoms with Crippen molar-refractivity contribution in [3.8, 4) is 17.2 Å². The second-order valence-corrected chi connectivity index (χ2v) is 11.3. The minimum atomic E-state index is -0.525. The molecule has 8 rings (SSSR count). The van der Waals surface area contributed by atoms with Crippen molar-refractivity contribution in [3.05, 3.63) is 89.7 Å². The van der Waals surface area contributed by atoms with Gasteiger partial charge in [-0.3, -0.25) is 14.4 Å². The second-order valence-electron chi connectivity index (χ2n) is 11.3. The highest BCUT2D eigenvalue weighted by Crippen LogP contribution is 2.31. The zero-order valence-corrected chi connectivity index (χ0v) is 23.4. The molecule has 2 fully saturated rings. The van der Waals surface area contributed by atoms with Gasteiger partial charge in [0.15, 0.2) is 12.4 Å². The van der Waals surface area contributed by atoms with Gasteiger partial charge in [0.05, 0.1) is 19.2 Å². The van der Waals surface area contributed by atoms with Crippen molar-refractivity contribution < 1.29 is 33.0 Å². The van der Waals surface area contributed by atoms with E-state index >= 15 is 0 Å². The number of likely N-dealkylation sites (tertiary alicyclic amines) is 1.